The van der Waals surface area contributed by atoms with E-state index in [1.165, 1.54) is 50.3 Å². The van der Waals surface area contributed by atoms with Crippen molar-refractivity contribution in [2.24, 2.45) is 17.3 Å². The largest absolute Gasteiger partial charge is 0.0922 e. The second kappa shape index (κ2) is 6.27. The molecule has 0 aromatic carbocycles. The maximum atomic E-state index is 3.74. The summed E-state index contributed by atoms with van der Waals surface area (Å²) in [4.78, 5) is 0. The predicted octanol–water partition coefficient (Wildman–Crippen LogP) is 5.40. The Balaban J connectivity index is 2.39. The predicted molar refractivity (Wildman–Crippen MR) is 72.5 cm³/mol. The van der Waals surface area contributed by atoms with E-state index in [4.69, 9.17) is 0 Å². The van der Waals surface area contributed by atoms with Gasteiger partial charge in [-0.2, -0.15) is 0 Å². The first-order valence-electron chi connectivity index (χ1n) is 6.70. The first kappa shape index (κ1) is 13.5. The van der Waals surface area contributed by atoms with Gasteiger partial charge in [0.1, 0.15) is 0 Å². The van der Waals surface area contributed by atoms with Gasteiger partial charge in [-0.15, -0.1) is 0 Å². The van der Waals surface area contributed by atoms with Gasteiger partial charge in [0.05, 0.1) is 0 Å². The number of hydrogen-bond donors (Lipinski definition) is 0. The van der Waals surface area contributed by atoms with Crippen molar-refractivity contribution in [1.29, 1.82) is 0 Å². The zero-order valence-corrected chi connectivity index (χ0v) is 12.3. The minimum atomic E-state index is 0.614. The molecule has 0 aliphatic heterocycles. The van der Waals surface area contributed by atoms with E-state index in [0.717, 1.165) is 11.8 Å². The van der Waals surface area contributed by atoms with Gasteiger partial charge in [-0.1, -0.05) is 56.0 Å². The van der Waals surface area contributed by atoms with Crippen LogP contribution in [0.5, 0.6) is 0 Å². The summed E-state index contributed by atoms with van der Waals surface area (Å²) < 4.78 is 0. The van der Waals surface area contributed by atoms with Gasteiger partial charge in [-0.3, -0.25) is 0 Å². The van der Waals surface area contributed by atoms with Crippen LogP contribution in [-0.2, 0) is 0 Å². The van der Waals surface area contributed by atoms with Crippen LogP contribution in [0, 0.1) is 17.3 Å². The lowest BCUT2D eigenvalue weighted by Gasteiger charge is -2.42. The lowest BCUT2D eigenvalue weighted by atomic mass is 9.65. The average Bonchev–Trinajstić information content (AvgIpc) is 2.27. The molecule has 1 rings (SSSR count). The summed E-state index contributed by atoms with van der Waals surface area (Å²) >= 11 is 3.74. The third-order valence-corrected chi connectivity index (χ3v) is 5.67. The van der Waals surface area contributed by atoms with E-state index in [2.05, 4.69) is 36.7 Å². The second-order valence-electron chi connectivity index (χ2n) is 5.74. The number of rotatable bonds is 5. The molecule has 0 heterocycles. The fourth-order valence-electron chi connectivity index (χ4n) is 2.90. The standard InChI is InChI=1S/C14H27Br/c1-4-5-6-13-7-9-14(11-15,10-8-13)12(2)3/h12-13H,4-11H2,1-3H3. The van der Waals surface area contributed by atoms with Crippen LogP contribution < -0.4 is 0 Å². The summed E-state index contributed by atoms with van der Waals surface area (Å²) in [6.45, 7) is 7.10. The van der Waals surface area contributed by atoms with Gasteiger partial charge in [0.25, 0.3) is 0 Å². The summed E-state index contributed by atoms with van der Waals surface area (Å²) in [6.07, 6.45) is 10.1. The lowest BCUT2D eigenvalue weighted by Crippen LogP contribution is -2.34. The quantitative estimate of drug-likeness (QED) is 0.589. The smallest absolute Gasteiger partial charge is 0.00904 e. The molecule has 0 bridgehead atoms. The molecule has 90 valence electrons. The summed E-state index contributed by atoms with van der Waals surface area (Å²) in [5.41, 5.74) is 0.614. The topological polar surface area (TPSA) is 0 Å². The zero-order valence-electron chi connectivity index (χ0n) is 10.7. The normalized spacial score (nSPS) is 32.2. The van der Waals surface area contributed by atoms with E-state index in [1.54, 1.807) is 0 Å². The van der Waals surface area contributed by atoms with Crippen molar-refractivity contribution in [3.05, 3.63) is 0 Å². The van der Waals surface area contributed by atoms with Crippen LogP contribution in [-0.4, -0.2) is 5.33 Å². The van der Waals surface area contributed by atoms with Gasteiger partial charge in [-0.25, -0.2) is 0 Å². The molecule has 0 radical (unpaired) electrons. The van der Waals surface area contributed by atoms with E-state index < -0.39 is 0 Å². The average molecular weight is 275 g/mol. The molecule has 1 fully saturated rings. The monoisotopic (exact) mass is 274 g/mol. The molecule has 0 unspecified atom stereocenters. The van der Waals surface area contributed by atoms with Crippen molar-refractivity contribution >= 4 is 15.9 Å². The van der Waals surface area contributed by atoms with Crippen LogP contribution in [0.25, 0.3) is 0 Å². The van der Waals surface area contributed by atoms with Crippen molar-refractivity contribution in [2.75, 3.05) is 5.33 Å². The molecule has 0 atom stereocenters. The molecule has 1 saturated carbocycles. The van der Waals surface area contributed by atoms with E-state index >= 15 is 0 Å². The highest BCUT2D eigenvalue weighted by Crippen LogP contribution is 2.46. The van der Waals surface area contributed by atoms with Crippen LogP contribution in [0.4, 0.5) is 0 Å². The summed E-state index contributed by atoms with van der Waals surface area (Å²) in [6, 6.07) is 0. The Hall–Kier alpha value is 0.480. The molecule has 0 N–H and O–H groups in total. The van der Waals surface area contributed by atoms with Gasteiger partial charge < -0.3 is 0 Å². The molecule has 0 saturated heterocycles. The molecule has 0 aromatic heterocycles. The van der Waals surface area contributed by atoms with Crippen LogP contribution >= 0.6 is 15.9 Å². The summed E-state index contributed by atoms with van der Waals surface area (Å²) in [7, 11) is 0. The Labute approximate surface area is 104 Å². The first-order chi connectivity index (χ1) is 7.14. The van der Waals surface area contributed by atoms with Crippen LogP contribution in [0.3, 0.4) is 0 Å². The third-order valence-electron chi connectivity index (χ3n) is 4.56. The molecule has 1 aliphatic rings. The molecule has 0 amide bonds. The van der Waals surface area contributed by atoms with Crippen LogP contribution in [0.15, 0.2) is 0 Å². The van der Waals surface area contributed by atoms with E-state index in [0.29, 0.717) is 5.41 Å². The van der Waals surface area contributed by atoms with Crippen molar-refractivity contribution in [1.82, 2.24) is 0 Å². The SMILES string of the molecule is CCCCC1CCC(CBr)(C(C)C)CC1. The maximum absolute atomic E-state index is 3.74. The van der Waals surface area contributed by atoms with Crippen LogP contribution in [0.1, 0.15) is 65.7 Å². The molecule has 1 heteroatoms. The molecule has 0 aromatic rings. The molecular weight excluding hydrogens is 248 g/mol. The fraction of sp³-hybridized carbons (Fsp3) is 1.00. The van der Waals surface area contributed by atoms with Crippen molar-refractivity contribution in [2.45, 2.75) is 65.7 Å². The molecule has 0 spiro atoms. The number of halogens is 1. The van der Waals surface area contributed by atoms with Crippen molar-refractivity contribution in [3.8, 4) is 0 Å². The summed E-state index contributed by atoms with van der Waals surface area (Å²) in [5, 5.41) is 1.21. The van der Waals surface area contributed by atoms with E-state index in [1.807, 2.05) is 0 Å². The lowest BCUT2D eigenvalue weighted by molar-refractivity contribution is 0.115. The number of hydrogen-bond acceptors (Lipinski definition) is 0. The molecule has 15 heavy (non-hydrogen) atoms. The highest BCUT2D eigenvalue weighted by atomic mass is 79.9. The Morgan fingerprint density at radius 1 is 1.27 bits per heavy atom. The Bertz CT molecular complexity index is 166. The fourth-order valence-corrected chi connectivity index (χ4v) is 4.11. The Morgan fingerprint density at radius 3 is 2.27 bits per heavy atom. The maximum Gasteiger partial charge on any atom is 0.00904 e. The highest BCUT2D eigenvalue weighted by molar-refractivity contribution is 9.09. The van der Waals surface area contributed by atoms with Crippen molar-refractivity contribution < 1.29 is 0 Å². The van der Waals surface area contributed by atoms with Crippen molar-refractivity contribution in [3.63, 3.8) is 0 Å². The minimum Gasteiger partial charge on any atom is -0.0922 e. The first-order valence-corrected chi connectivity index (χ1v) is 7.82. The third kappa shape index (κ3) is 3.47. The van der Waals surface area contributed by atoms with E-state index in [-0.39, 0.29) is 0 Å². The Morgan fingerprint density at radius 2 is 1.87 bits per heavy atom. The molecule has 0 nitrogen and oxygen atoms in total. The van der Waals surface area contributed by atoms with Gasteiger partial charge in [0.2, 0.25) is 0 Å². The van der Waals surface area contributed by atoms with Gasteiger partial charge in [0.15, 0.2) is 0 Å². The zero-order chi connectivity index (χ0) is 11.3. The van der Waals surface area contributed by atoms with Crippen LogP contribution in [0.2, 0.25) is 0 Å². The van der Waals surface area contributed by atoms with Gasteiger partial charge >= 0.3 is 0 Å². The minimum absolute atomic E-state index is 0.614. The highest BCUT2D eigenvalue weighted by Gasteiger charge is 2.36. The summed E-state index contributed by atoms with van der Waals surface area (Å²) in [5.74, 6) is 1.87. The molecular formula is C14H27Br. The number of alkyl halides is 1. The van der Waals surface area contributed by atoms with Gasteiger partial charge in [-0.05, 0) is 42.9 Å². The number of unbranched alkanes of at least 4 members (excludes halogenated alkanes) is 1. The molecule has 1 aliphatic carbocycles. The van der Waals surface area contributed by atoms with E-state index in [9.17, 15) is 0 Å². The van der Waals surface area contributed by atoms with Gasteiger partial charge in [0, 0.05) is 5.33 Å². The second-order valence-corrected chi connectivity index (χ2v) is 6.30. The Kier molecular flexibility index (Phi) is 5.66.